The van der Waals surface area contributed by atoms with Gasteiger partial charge in [0.1, 0.15) is 5.76 Å². The fourth-order valence-electron chi connectivity index (χ4n) is 1.90. The lowest BCUT2D eigenvalue weighted by atomic mass is 9.97. The van der Waals surface area contributed by atoms with Gasteiger partial charge in [-0.05, 0) is 53.0 Å². The maximum Gasteiger partial charge on any atom is 0.337 e. The van der Waals surface area contributed by atoms with E-state index in [2.05, 4.69) is 15.9 Å². The number of carbonyl (C=O) groups is 1. The first-order valence-electron chi connectivity index (χ1n) is 5.09. The van der Waals surface area contributed by atoms with Crippen LogP contribution in [0.3, 0.4) is 0 Å². The summed E-state index contributed by atoms with van der Waals surface area (Å²) >= 11 is 3.33. The normalized spacial score (nSPS) is 10.5. The minimum Gasteiger partial charge on any atom is -0.478 e. The van der Waals surface area contributed by atoms with Crippen molar-refractivity contribution in [1.82, 2.24) is 0 Å². The Labute approximate surface area is 107 Å². The van der Waals surface area contributed by atoms with Gasteiger partial charge >= 0.3 is 5.97 Å². The van der Waals surface area contributed by atoms with Gasteiger partial charge in [-0.2, -0.15) is 0 Å². The van der Waals surface area contributed by atoms with Gasteiger partial charge in [-0.25, -0.2) is 4.79 Å². The number of halogens is 1. The molecule has 1 aromatic heterocycles. The first-order chi connectivity index (χ1) is 8.02. The molecule has 4 heteroatoms. The molecular weight excluding hydrogens is 284 g/mol. The number of aromatic carboxylic acids is 1. The van der Waals surface area contributed by atoms with E-state index in [1.54, 1.807) is 12.1 Å². The van der Waals surface area contributed by atoms with Crippen molar-refractivity contribution in [1.29, 1.82) is 0 Å². The maximum atomic E-state index is 11.4. The van der Waals surface area contributed by atoms with E-state index in [1.807, 2.05) is 19.9 Å². The second kappa shape index (κ2) is 4.37. The van der Waals surface area contributed by atoms with E-state index in [-0.39, 0.29) is 5.56 Å². The first kappa shape index (κ1) is 11.9. The molecule has 0 saturated heterocycles. The Kier molecular flexibility index (Phi) is 3.07. The third-order valence-corrected chi connectivity index (χ3v) is 3.65. The van der Waals surface area contributed by atoms with Crippen LogP contribution < -0.4 is 0 Å². The van der Waals surface area contributed by atoms with Gasteiger partial charge in [-0.3, -0.25) is 0 Å². The number of carboxylic acid groups (broad SMARTS) is 1. The molecule has 0 aliphatic carbocycles. The van der Waals surface area contributed by atoms with E-state index in [9.17, 15) is 9.90 Å². The van der Waals surface area contributed by atoms with E-state index in [1.165, 1.54) is 6.26 Å². The molecule has 0 bridgehead atoms. The van der Waals surface area contributed by atoms with Crippen molar-refractivity contribution in [2.75, 3.05) is 0 Å². The quantitative estimate of drug-likeness (QED) is 0.910. The highest BCUT2D eigenvalue weighted by Crippen LogP contribution is 2.35. The van der Waals surface area contributed by atoms with E-state index in [0.29, 0.717) is 15.8 Å². The largest absolute Gasteiger partial charge is 0.478 e. The van der Waals surface area contributed by atoms with E-state index in [4.69, 9.17) is 4.42 Å². The van der Waals surface area contributed by atoms with E-state index in [0.717, 1.165) is 11.1 Å². The lowest BCUT2D eigenvalue weighted by molar-refractivity contribution is 0.0696. The van der Waals surface area contributed by atoms with Crippen molar-refractivity contribution in [3.8, 4) is 11.3 Å². The molecular formula is C13H11BrO3. The number of hydrogen-bond acceptors (Lipinski definition) is 2. The first-order valence-corrected chi connectivity index (χ1v) is 5.88. The average molecular weight is 295 g/mol. The van der Waals surface area contributed by atoms with E-state index >= 15 is 0 Å². The highest BCUT2D eigenvalue weighted by molar-refractivity contribution is 9.10. The van der Waals surface area contributed by atoms with Crippen molar-refractivity contribution < 1.29 is 14.3 Å². The van der Waals surface area contributed by atoms with Crippen LogP contribution in [0.1, 0.15) is 21.5 Å². The number of rotatable bonds is 2. The second-order valence-electron chi connectivity index (χ2n) is 3.86. The molecule has 0 aliphatic rings. The lowest BCUT2D eigenvalue weighted by Crippen LogP contribution is -2.04. The van der Waals surface area contributed by atoms with E-state index < -0.39 is 5.97 Å². The number of carboxylic acids is 1. The zero-order valence-electron chi connectivity index (χ0n) is 9.45. The fraction of sp³-hybridized carbons (Fsp3) is 0.154. The van der Waals surface area contributed by atoms with Gasteiger partial charge < -0.3 is 9.52 Å². The number of furan rings is 1. The molecule has 17 heavy (non-hydrogen) atoms. The summed E-state index contributed by atoms with van der Waals surface area (Å²) in [5, 5.41) is 9.32. The molecule has 0 fully saturated rings. The Hall–Kier alpha value is -1.55. The SMILES string of the molecule is Cc1cc(C)c(-c2ccco2)c(C(=O)O)c1Br. The van der Waals surface area contributed by atoms with Crippen LogP contribution in [-0.2, 0) is 0 Å². The summed E-state index contributed by atoms with van der Waals surface area (Å²) in [5.41, 5.74) is 2.66. The van der Waals surface area contributed by atoms with Crippen molar-refractivity contribution in [2.24, 2.45) is 0 Å². The molecule has 0 unspecified atom stereocenters. The van der Waals surface area contributed by atoms with Crippen LogP contribution in [0.2, 0.25) is 0 Å². The summed E-state index contributed by atoms with van der Waals surface area (Å²) < 4.78 is 5.90. The van der Waals surface area contributed by atoms with Crippen molar-refractivity contribution in [2.45, 2.75) is 13.8 Å². The maximum absolute atomic E-state index is 11.4. The zero-order chi connectivity index (χ0) is 12.6. The van der Waals surface area contributed by atoms with Crippen LogP contribution in [0.15, 0.2) is 33.4 Å². The Morgan fingerprint density at radius 1 is 1.35 bits per heavy atom. The molecule has 2 aromatic rings. The third-order valence-electron chi connectivity index (χ3n) is 2.62. The Morgan fingerprint density at radius 2 is 2.06 bits per heavy atom. The lowest BCUT2D eigenvalue weighted by Gasteiger charge is -2.12. The standard InChI is InChI=1S/C13H11BrO3/c1-7-6-8(2)12(14)11(13(15)16)10(7)9-4-3-5-17-9/h3-6H,1-2H3,(H,15,16). The van der Waals surface area contributed by atoms with Gasteiger partial charge in [0.25, 0.3) is 0 Å². The van der Waals surface area contributed by atoms with Gasteiger partial charge in [0.05, 0.1) is 11.8 Å². The molecule has 3 nitrogen and oxygen atoms in total. The van der Waals surface area contributed by atoms with Crippen molar-refractivity contribution in [3.05, 3.63) is 45.6 Å². The van der Waals surface area contributed by atoms with Crippen LogP contribution in [0.25, 0.3) is 11.3 Å². The van der Waals surface area contributed by atoms with Crippen LogP contribution in [0, 0.1) is 13.8 Å². The highest BCUT2D eigenvalue weighted by Gasteiger charge is 2.21. The average Bonchev–Trinajstić information content (AvgIpc) is 2.75. The van der Waals surface area contributed by atoms with Crippen LogP contribution in [0.4, 0.5) is 0 Å². The molecule has 0 aliphatic heterocycles. The molecule has 0 spiro atoms. The molecule has 1 aromatic carbocycles. The zero-order valence-corrected chi connectivity index (χ0v) is 11.0. The summed E-state index contributed by atoms with van der Waals surface area (Å²) in [5.74, 6) is -0.393. The molecule has 0 amide bonds. The summed E-state index contributed by atoms with van der Waals surface area (Å²) in [6.45, 7) is 3.75. The molecule has 1 heterocycles. The number of benzene rings is 1. The summed E-state index contributed by atoms with van der Waals surface area (Å²) in [6, 6.07) is 5.44. The predicted octanol–water partition coefficient (Wildman–Crippen LogP) is 4.02. The van der Waals surface area contributed by atoms with Crippen molar-refractivity contribution in [3.63, 3.8) is 0 Å². The Balaban J connectivity index is 2.82. The summed E-state index contributed by atoms with van der Waals surface area (Å²) in [6.07, 6.45) is 1.54. The topological polar surface area (TPSA) is 50.4 Å². The Bertz CT molecular complexity index is 571. The van der Waals surface area contributed by atoms with Crippen LogP contribution in [0.5, 0.6) is 0 Å². The fourth-order valence-corrected chi connectivity index (χ4v) is 2.39. The summed E-state index contributed by atoms with van der Waals surface area (Å²) in [4.78, 5) is 11.4. The molecule has 2 rings (SSSR count). The molecule has 1 N–H and O–H groups in total. The molecule has 0 atom stereocenters. The molecule has 0 saturated carbocycles. The molecule has 88 valence electrons. The molecule has 0 radical (unpaired) electrons. The van der Waals surface area contributed by atoms with Gasteiger partial charge in [-0.1, -0.05) is 6.07 Å². The van der Waals surface area contributed by atoms with Gasteiger partial charge in [0.2, 0.25) is 0 Å². The number of hydrogen-bond donors (Lipinski definition) is 1. The Morgan fingerprint density at radius 3 is 2.59 bits per heavy atom. The van der Waals surface area contributed by atoms with Gasteiger partial charge in [0.15, 0.2) is 0 Å². The monoisotopic (exact) mass is 294 g/mol. The minimum atomic E-state index is -0.963. The summed E-state index contributed by atoms with van der Waals surface area (Å²) in [7, 11) is 0. The smallest absolute Gasteiger partial charge is 0.337 e. The van der Waals surface area contributed by atoms with Crippen molar-refractivity contribution >= 4 is 21.9 Å². The predicted molar refractivity (Wildman–Crippen MR) is 68.3 cm³/mol. The minimum absolute atomic E-state index is 0.248. The van der Waals surface area contributed by atoms with Gasteiger partial charge in [0, 0.05) is 10.0 Å². The highest BCUT2D eigenvalue weighted by atomic mass is 79.9. The van der Waals surface area contributed by atoms with Crippen LogP contribution >= 0.6 is 15.9 Å². The van der Waals surface area contributed by atoms with Gasteiger partial charge in [-0.15, -0.1) is 0 Å². The third kappa shape index (κ3) is 2.00. The van der Waals surface area contributed by atoms with Crippen LogP contribution in [-0.4, -0.2) is 11.1 Å². The second-order valence-corrected chi connectivity index (χ2v) is 4.65. The number of aryl methyl sites for hydroxylation is 2.